The van der Waals surface area contributed by atoms with Gasteiger partial charge in [0.25, 0.3) is 0 Å². The molecule has 0 saturated carbocycles. The summed E-state index contributed by atoms with van der Waals surface area (Å²) in [6.07, 6.45) is 0. The van der Waals surface area contributed by atoms with E-state index in [1.807, 2.05) is 0 Å². The van der Waals surface area contributed by atoms with Gasteiger partial charge in [-0.1, -0.05) is 28.1 Å². The predicted octanol–water partition coefficient (Wildman–Crippen LogP) is 2.53. The molecule has 0 bridgehead atoms. The van der Waals surface area contributed by atoms with Gasteiger partial charge < -0.3 is 9.64 Å². The molecule has 1 aromatic carbocycles. The Hall–Kier alpha value is -0.730. The standard InChI is InChI=1S/C12H16BrF2NO3S/c1-19-9-8-16(7-6-13)10-4-2-3-5-11(10)20(17,18)12(14)15/h2-5,12H,6-9H2,1H3. The molecule has 0 aliphatic rings. The lowest BCUT2D eigenvalue weighted by molar-refractivity contribution is 0.205. The minimum Gasteiger partial charge on any atom is -0.383 e. The summed E-state index contributed by atoms with van der Waals surface area (Å²) >= 11 is 3.26. The molecule has 0 radical (unpaired) electrons. The van der Waals surface area contributed by atoms with E-state index in [-0.39, 0.29) is 10.6 Å². The van der Waals surface area contributed by atoms with Crippen molar-refractivity contribution in [3.05, 3.63) is 24.3 Å². The topological polar surface area (TPSA) is 46.6 Å². The van der Waals surface area contributed by atoms with Crippen molar-refractivity contribution < 1.29 is 21.9 Å². The first-order chi connectivity index (χ1) is 9.45. The van der Waals surface area contributed by atoms with Crippen LogP contribution in [0.25, 0.3) is 0 Å². The second-order valence-corrected chi connectivity index (χ2v) is 6.62. The number of anilines is 1. The van der Waals surface area contributed by atoms with E-state index in [1.54, 1.807) is 11.0 Å². The molecule has 20 heavy (non-hydrogen) atoms. The summed E-state index contributed by atoms with van der Waals surface area (Å²) in [6.45, 7) is 1.27. The van der Waals surface area contributed by atoms with Crippen molar-refractivity contribution in [3.63, 3.8) is 0 Å². The third-order valence-corrected chi connectivity index (χ3v) is 4.45. The number of methoxy groups -OCH3 is 1. The smallest absolute Gasteiger partial charge is 0.341 e. The molecule has 0 heterocycles. The van der Waals surface area contributed by atoms with E-state index in [9.17, 15) is 17.2 Å². The second-order valence-electron chi connectivity index (χ2n) is 3.94. The first-order valence-corrected chi connectivity index (χ1v) is 8.52. The molecule has 114 valence electrons. The highest BCUT2D eigenvalue weighted by molar-refractivity contribution is 9.09. The van der Waals surface area contributed by atoms with Crippen LogP contribution in [0.15, 0.2) is 29.2 Å². The molecular weight excluding hydrogens is 356 g/mol. The van der Waals surface area contributed by atoms with Crippen LogP contribution in [0, 0.1) is 0 Å². The molecule has 0 aromatic heterocycles. The van der Waals surface area contributed by atoms with E-state index in [0.717, 1.165) is 0 Å². The molecule has 0 spiro atoms. The van der Waals surface area contributed by atoms with Gasteiger partial charge in [0.05, 0.1) is 17.2 Å². The molecule has 0 fully saturated rings. The van der Waals surface area contributed by atoms with Crippen LogP contribution in [0.4, 0.5) is 14.5 Å². The summed E-state index contributed by atoms with van der Waals surface area (Å²) in [5, 5.41) is 0.583. The molecule has 0 atom stereocenters. The molecule has 0 amide bonds. The molecule has 8 heteroatoms. The first-order valence-electron chi connectivity index (χ1n) is 5.86. The van der Waals surface area contributed by atoms with Crippen molar-refractivity contribution in [2.24, 2.45) is 0 Å². The number of sulfone groups is 1. The number of benzene rings is 1. The maximum absolute atomic E-state index is 12.7. The molecule has 1 aromatic rings. The van der Waals surface area contributed by atoms with E-state index in [4.69, 9.17) is 4.74 Å². The Labute approximate surface area is 125 Å². The average Bonchev–Trinajstić information content (AvgIpc) is 2.43. The number of rotatable bonds is 8. The zero-order valence-corrected chi connectivity index (χ0v) is 13.3. The quantitative estimate of drug-likeness (QED) is 0.658. The Morgan fingerprint density at radius 1 is 1.30 bits per heavy atom. The fourth-order valence-electron chi connectivity index (χ4n) is 1.71. The van der Waals surface area contributed by atoms with Gasteiger partial charge in [-0.2, -0.15) is 8.78 Å². The minimum atomic E-state index is -4.63. The number of nitrogens with zero attached hydrogens (tertiary/aromatic N) is 1. The number of hydrogen-bond donors (Lipinski definition) is 0. The Kier molecular flexibility index (Phi) is 6.84. The molecule has 0 unspecified atom stereocenters. The number of hydrogen-bond acceptors (Lipinski definition) is 4. The maximum atomic E-state index is 12.7. The van der Waals surface area contributed by atoms with Crippen molar-refractivity contribution in [1.82, 2.24) is 0 Å². The lowest BCUT2D eigenvalue weighted by Crippen LogP contribution is -2.31. The maximum Gasteiger partial charge on any atom is 0.341 e. The van der Waals surface area contributed by atoms with Crippen LogP contribution in [0.3, 0.4) is 0 Å². The molecule has 0 aliphatic heterocycles. The normalized spacial score (nSPS) is 11.8. The number of halogens is 3. The molecule has 0 saturated heterocycles. The van der Waals surface area contributed by atoms with Crippen LogP contribution in [0.2, 0.25) is 0 Å². The largest absolute Gasteiger partial charge is 0.383 e. The molecule has 1 rings (SSSR count). The summed E-state index contributed by atoms with van der Waals surface area (Å²) < 4.78 is 53.9. The van der Waals surface area contributed by atoms with E-state index >= 15 is 0 Å². The van der Waals surface area contributed by atoms with Crippen molar-refractivity contribution >= 4 is 31.5 Å². The zero-order valence-electron chi connectivity index (χ0n) is 10.9. The second kappa shape index (κ2) is 7.90. The highest BCUT2D eigenvalue weighted by Gasteiger charge is 2.30. The van der Waals surface area contributed by atoms with Crippen molar-refractivity contribution in [3.8, 4) is 0 Å². The SMILES string of the molecule is COCCN(CCBr)c1ccccc1S(=O)(=O)C(F)F. The number of para-hydroxylation sites is 1. The van der Waals surface area contributed by atoms with Crippen LogP contribution in [0.1, 0.15) is 0 Å². The highest BCUT2D eigenvalue weighted by Crippen LogP contribution is 2.29. The lowest BCUT2D eigenvalue weighted by atomic mass is 10.3. The fourth-order valence-corrected chi connectivity index (χ4v) is 3.09. The van der Waals surface area contributed by atoms with Gasteiger partial charge in [0, 0.05) is 25.5 Å². The minimum absolute atomic E-state index is 0.268. The third-order valence-electron chi connectivity index (χ3n) is 2.67. The van der Waals surface area contributed by atoms with Crippen LogP contribution < -0.4 is 4.90 Å². The van der Waals surface area contributed by atoms with Gasteiger partial charge in [0.2, 0.25) is 9.84 Å². The summed E-state index contributed by atoms with van der Waals surface area (Å²) in [4.78, 5) is 1.35. The molecule has 4 nitrogen and oxygen atoms in total. The third kappa shape index (κ3) is 4.13. The summed E-state index contributed by atoms with van der Waals surface area (Å²) in [7, 11) is -3.11. The van der Waals surface area contributed by atoms with Gasteiger partial charge in [-0.15, -0.1) is 0 Å². The van der Waals surface area contributed by atoms with Crippen LogP contribution in [0.5, 0.6) is 0 Å². The zero-order chi connectivity index (χ0) is 15.2. The van der Waals surface area contributed by atoms with Gasteiger partial charge in [0.1, 0.15) is 0 Å². The Bertz CT molecular complexity index is 525. The fraction of sp³-hybridized carbons (Fsp3) is 0.500. The lowest BCUT2D eigenvalue weighted by Gasteiger charge is -2.25. The van der Waals surface area contributed by atoms with E-state index in [2.05, 4.69) is 15.9 Å². The number of ether oxygens (including phenoxy) is 1. The monoisotopic (exact) mass is 371 g/mol. The predicted molar refractivity (Wildman–Crippen MR) is 77.5 cm³/mol. The van der Waals surface area contributed by atoms with Crippen LogP contribution in [-0.4, -0.2) is 46.3 Å². The van der Waals surface area contributed by atoms with Gasteiger partial charge in [-0.05, 0) is 12.1 Å². The van der Waals surface area contributed by atoms with E-state index in [1.165, 1.54) is 25.3 Å². The highest BCUT2D eigenvalue weighted by atomic mass is 79.9. The molecule has 0 aliphatic carbocycles. The number of alkyl halides is 3. The van der Waals surface area contributed by atoms with Gasteiger partial charge in [0.15, 0.2) is 0 Å². The van der Waals surface area contributed by atoms with E-state index in [0.29, 0.717) is 25.0 Å². The molecule has 0 N–H and O–H groups in total. The molecular formula is C12H16BrF2NO3S. The summed E-state index contributed by atoms with van der Waals surface area (Å²) in [6, 6.07) is 5.77. The summed E-state index contributed by atoms with van der Waals surface area (Å²) in [5.74, 6) is -3.43. The Morgan fingerprint density at radius 2 is 1.95 bits per heavy atom. The van der Waals surface area contributed by atoms with Gasteiger partial charge in [-0.25, -0.2) is 8.42 Å². The Balaban J connectivity index is 3.22. The summed E-state index contributed by atoms with van der Waals surface area (Å²) in [5.41, 5.74) is 0.268. The van der Waals surface area contributed by atoms with E-state index < -0.39 is 15.6 Å². The van der Waals surface area contributed by atoms with Crippen molar-refractivity contribution in [2.75, 3.05) is 37.0 Å². The van der Waals surface area contributed by atoms with Crippen LogP contribution >= 0.6 is 15.9 Å². The van der Waals surface area contributed by atoms with Gasteiger partial charge >= 0.3 is 5.76 Å². The first kappa shape index (κ1) is 17.3. The van der Waals surface area contributed by atoms with Crippen molar-refractivity contribution in [2.45, 2.75) is 10.7 Å². The van der Waals surface area contributed by atoms with Gasteiger partial charge in [-0.3, -0.25) is 0 Å². The Morgan fingerprint density at radius 3 is 2.50 bits per heavy atom. The van der Waals surface area contributed by atoms with Crippen LogP contribution in [-0.2, 0) is 14.6 Å². The average molecular weight is 372 g/mol. The van der Waals surface area contributed by atoms with Crippen molar-refractivity contribution in [1.29, 1.82) is 0 Å².